The Hall–Kier alpha value is -1.10. The fraction of sp³-hybridized carbons (Fsp3) is 0.588. The standard InChI is InChI=1S/C17H24F4N4.HI/c1-22-17(23-7-4-12-2-3-13(18)10-15(12)19)24-14-5-8-25(9-6-14)11-16(20)21;/h2-3,10,14,16H,4-9,11H2,1H3,(H2,22,23,24);1H. The average Bonchev–Trinajstić information content (AvgIpc) is 2.57. The van der Waals surface area contributed by atoms with Crippen molar-refractivity contribution in [2.45, 2.75) is 31.7 Å². The van der Waals surface area contributed by atoms with Crippen LogP contribution in [0.25, 0.3) is 0 Å². The smallest absolute Gasteiger partial charge is 0.251 e. The third-order valence-electron chi connectivity index (χ3n) is 4.25. The van der Waals surface area contributed by atoms with Crippen molar-refractivity contribution >= 4 is 29.9 Å². The predicted molar refractivity (Wildman–Crippen MR) is 105 cm³/mol. The van der Waals surface area contributed by atoms with E-state index in [0.717, 1.165) is 18.9 Å². The molecule has 0 unspecified atom stereocenters. The molecule has 0 aliphatic carbocycles. The number of piperidine rings is 1. The van der Waals surface area contributed by atoms with E-state index in [1.54, 1.807) is 11.9 Å². The highest BCUT2D eigenvalue weighted by Crippen LogP contribution is 2.12. The summed E-state index contributed by atoms with van der Waals surface area (Å²) in [7, 11) is 1.64. The number of benzene rings is 1. The first-order valence-corrected chi connectivity index (χ1v) is 8.39. The Kier molecular flexibility index (Phi) is 10.2. The van der Waals surface area contributed by atoms with Crippen LogP contribution in [0.3, 0.4) is 0 Å². The second kappa shape index (κ2) is 11.6. The first-order valence-electron chi connectivity index (χ1n) is 8.39. The zero-order chi connectivity index (χ0) is 18.2. The topological polar surface area (TPSA) is 39.7 Å². The van der Waals surface area contributed by atoms with E-state index in [2.05, 4.69) is 15.6 Å². The Morgan fingerprint density at radius 3 is 2.54 bits per heavy atom. The number of hydrogen-bond acceptors (Lipinski definition) is 2. The molecule has 1 aromatic rings. The minimum Gasteiger partial charge on any atom is -0.356 e. The lowest BCUT2D eigenvalue weighted by Crippen LogP contribution is -2.49. The molecule has 1 saturated heterocycles. The van der Waals surface area contributed by atoms with Crippen LogP contribution >= 0.6 is 24.0 Å². The minimum absolute atomic E-state index is 0. The summed E-state index contributed by atoms with van der Waals surface area (Å²) in [5, 5.41) is 6.36. The molecule has 1 aromatic carbocycles. The summed E-state index contributed by atoms with van der Waals surface area (Å²) in [4.78, 5) is 5.88. The number of rotatable bonds is 6. The summed E-state index contributed by atoms with van der Waals surface area (Å²) in [6.07, 6.45) is -0.370. The molecule has 2 rings (SSSR count). The molecule has 0 saturated carbocycles. The zero-order valence-corrected chi connectivity index (χ0v) is 17.0. The van der Waals surface area contributed by atoms with Crippen LogP contribution < -0.4 is 10.6 Å². The Bertz CT molecular complexity index is 578. The maximum atomic E-state index is 13.6. The number of alkyl halides is 2. The molecule has 0 aromatic heterocycles. The van der Waals surface area contributed by atoms with Crippen LogP contribution in [0.2, 0.25) is 0 Å². The normalized spacial score (nSPS) is 16.5. The third-order valence-corrected chi connectivity index (χ3v) is 4.25. The van der Waals surface area contributed by atoms with Crippen LogP contribution in [0.5, 0.6) is 0 Å². The number of nitrogens with one attached hydrogen (secondary N) is 2. The zero-order valence-electron chi connectivity index (χ0n) is 14.7. The molecule has 4 nitrogen and oxygen atoms in total. The first kappa shape index (κ1) is 22.9. The summed E-state index contributed by atoms with van der Waals surface area (Å²) < 4.78 is 51.2. The molecular formula is C17H25F4IN4. The molecule has 0 spiro atoms. The summed E-state index contributed by atoms with van der Waals surface area (Å²) in [6, 6.07) is 3.71. The van der Waals surface area contributed by atoms with Gasteiger partial charge in [-0.15, -0.1) is 24.0 Å². The quantitative estimate of drug-likeness (QED) is 0.280. The molecule has 148 valence electrons. The summed E-state index contributed by atoms with van der Waals surface area (Å²) >= 11 is 0. The van der Waals surface area contributed by atoms with Crippen molar-refractivity contribution in [1.29, 1.82) is 0 Å². The van der Waals surface area contributed by atoms with Gasteiger partial charge < -0.3 is 10.6 Å². The fourth-order valence-corrected chi connectivity index (χ4v) is 2.88. The van der Waals surface area contributed by atoms with Crippen LogP contribution in [0.4, 0.5) is 17.6 Å². The molecule has 2 N–H and O–H groups in total. The van der Waals surface area contributed by atoms with Crippen LogP contribution in [-0.4, -0.2) is 56.6 Å². The molecule has 1 heterocycles. The van der Waals surface area contributed by atoms with Gasteiger partial charge in [-0.2, -0.15) is 0 Å². The molecule has 9 heteroatoms. The highest BCUT2D eigenvalue weighted by molar-refractivity contribution is 14.0. The van der Waals surface area contributed by atoms with Gasteiger partial charge in [0.25, 0.3) is 6.43 Å². The van der Waals surface area contributed by atoms with Gasteiger partial charge in [-0.1, -0.05) is 6.07 Å². The lowest BCUT2D eigenvalue weighted by Gasteiger charge is -2.32. The number of nitrogens with zero attached hydrogens (tertiary/aromatic N) is 2. The van der Waals surface area contributed by atoms with Crippen molar-refractivity contribution in [2.75, 3.05) is 33.2 Å². The molecule has 0 bridgehead atoms. The molecule has 26 heavy (non-hydrogen) atoms. The number of halogens is 5. The second-order valence-electron chi connectivity index (χ2n) is 6.10. The van der Waals surface area contributed by atoms with Crippen LogP contribution in [0.1, 0.15) is 18.4 Å². The lowest BCUT2D eigenvalue weighted by atomic mass is 10.1. The van der Waals surface area contributed by atoms with Gasteiger partial charge in [-0.05, 0) is 30.9 Å². The highest BCUT2D eigenvalue weighted by Gasteiger charge is 2.21. The van der Waals surface area contributed by atoms with Crippen molar-refractivity contribution < 1.29 is 17.6 Å². The Morgan fingerprint density at radius 2 is 1.96 bits per heavy atom. The van der Waals surface area contributed by atoms with E-state index in [-0.39, 0.29) is 36.6 Å². The van der Waals surface area contributed by atoms with Gasteiger partial charge in [0.05, 0.1) is 6.54 Å². The number of hydrogen-bond donors (Lipinski definition) is 2. The molecular weight excluding hydrogens is 463 g/mol. The van der Waals surface area contributed by atoms with Gasteiger partial charge in [-0.25, -0.2) is 17.6 Å². The van der Waals surface area contributed by atoms with Crippen molar-refractivity contribution in [1.82, 2.24) is 15.5 Å². The van der Waals surface area contributed by atoms with Crippen LogP contribution in [0, 0.1) is 11.6 Å². The number of aliphatic imine (C=N–C) groups is 1. The van der Waals surface area contributed by atoms with E-state index >= 15 is 0 Å². The maximum Gasteiger partial charge on any atom is 0.251 e. The monoisotopic (exact) mass is 488 g/mol. The van der Waals surface area contributed by atoms with E-state index in [0.29, 0.717) is 37.6 Å². The summed E-state index contributed by atoms with van der Waals surface area (Å²) in [5.74, 6) is -0.559. The fourth-order valence-electron chi connectivity index (χ4n) is 2.88. The Balaban J connectivity index is 0.00000338. The van der Waals surface area contributed by atoms with Gasteiger partial charge in [0, 0.05) is 38.8 Å². The van der Waals surface area contributed by atoms with Gasteiger partial charge in [0.2, 0.25) is 0 Å². The lowest BCUT2D eigenvalue weighted by molar-refractivity contribution is 0.0744. The third kappa shape index (κ3) is 7.65. The van der Waals surface area contributed by atoms with Gasteiger partial charge >= 0.3 is 0 Å². The minimum atomic E-state index is -2.30. The van der Waals surface area contributed by atoms with Crippen molar-refractivity contribution in [3.05, 3.63) is 35.4 Å². The molecule has 0 amide bonds. The summed E-state index contributed by atoms with van der Waals surface area (Å²) in [5.41, 5.74) is 0.435. The Morgan fingerprint density at radius 1 is 1.27 bits per heavy atom. The summed E-state index contributed by atoms with van der Waals surface area (Å²) in [6.45, 7) is 1.52. The Labute approximate surface area is 168 Å². The average molecular weight is 488 g/mol. The number of guanidine groups is 1. The predicted octanol–water partition coefficient (Wildman–Crippen LogP) is 3.02. The van der Waals surface area contributed by atoms with E-state index in [1.165, 1.54) is 12.1 Å². The van der Waals surface area contributed by atoms with E-state index in [4.69, 9.17) is 0 Å². The number of likely N-dealkylation sites (tertiary alicyclic amines) is 1. The molecule has 1 aliphatic heterocycles. The van der Waals surface area contributed by atoms with Crippen molar-refractivity contribution in [3.8, 4) is 0 Å². The molecule has 1 aliphatic rings. The van der Waals surface area contributed by atoms with Crippen molar-refractivity contribution in [2.24, 2.45) is 4.99 Å². The van der Waals surface area contributed by atoms with Crippen molar-refractivity contribution in [3.63, 3.8) is 0 Å². The van der Waals surface area contributed by atoms with Gasteiger partial charge in [0.1, 0.15) is 11.6 Å². The largest absolute Gasteiger partial charge is 0.356 e. The first-order chi connectivity index (χ1) is 12.0. The van der Waals surface area contributed by atoms with E-state index < -0.39 is 18.1 Å². The molecule has 0 atom stereocenters. The van der Waals surface area contributed by atoms with E-state index in [1.807, 2.05) is 0 Å². The maximum absolute atomic E-state index is 13.6. The van der Waals surface area contributed by atoms with Crippen LogP contribution in [0.15, 0.2) is 23.2 Å². The van der Waals surface area contributed by atoms with Crippen LogP contribution in [-0.2, 0) is 6.42 Å². The van der Waals surface area contributed by atoms with E-state index in [9.17, 15) is 17.6 Å². The molecule has 0 radical (unpaired) electrons. The van der Waals surface area contributed by atoms with Gasteiger partial charge in [0.15, 0.2) is 5.96 Å². The van der Waals surface area contributed by atoms with Gasteiger partial charge in [-0.3, -0.25) is 9.89 Å². The second-order valence-corrected chi connectivity index (χ2v) is 6.10. The SMILES string of the molecule is CN=C(NCCc1ccc(F)cc1F)NC1CCN(CC(F)F)CC1.I. The molecule has 1 fully saturated rings. The highest BCUT2D eigenvalue weighted by atomic mass is 127.